The van der Waals surface area contributed by atoms with Gasteiger partial charge in [0, 0.05) is 62.2 Å². The predicted molar refractivity (Wildman–Crippen MR) is 65.9 cm³/mol. The second-order valence-corrected chi connectivity index (χ2v) is 0.894. The molecule has 28 heavy (non-hydrogen) atoms. The van der Waals surface area contributed by atoms with Crippen LogP contribution >= 0.6 is 0 Å². The van der Waals surface area contributed by atoms with Crippen LogP contribution in [0.5, 0.6) is 0 Å². The van der Waals surface area contributed by atoms with Gasteiger partial charge in [-0.05, 0) is 0 Å². The summed E-state index contributed by atoms with van der Waals surface area (Å²) in [6, 6.07) is 0. The van der Waals surface area contributed by atoms with Gasteiger partial charge in [-0.2, -0.15) is 0 Å². The molecule has 0 atom stereocenters. The van der Waals surface area contributed by atoms with Crippen LogP contribution in [0.2, 0.25) is 0 Å². The average Bonchev–Trinajstić information content (AvgIpc) is 1.76. The van der Waals surface area contributed by atoms with E-state index in [9.17, 15) is 0 Å². The molecule has 0 rings (SSSR count). The molecular weight excluding hydrogens is 884 g/mol. The Bertz CT molecular complexity index is 167. The van der Waals surface area contributed by atoms with Gasteiger partial charge in [0.1, 0.15) is 0 Å². The summed E-state index contributed by atoms with van der Waals surface area (Å²) in [6.07, 6.45) is 0. The van der Waals surface area contributed by atoms with E-state index in [0.29, 0.717) is 0 Å². The van der Waals surface area contributed by atoms with Crippen LogP contribution in [0.25, 0.3) is 0 Å². The molecule has 184 valence electrons. The van der Waals surface area contributed by atoms with E-state index in [1.807, 2.05) is 0 Å². The fourth-order valence-corrected chi connectivity index (χ4v) is 0. The molecule has 26 nitrogen and oxygen atoms in total. The normalized spacial score (nSPS) is 3.43. The molecule has 12 N–H and O–H groups in total. The second kappa shape index (κ2) is 139. The zero-order valence-electron chi connectivity index (χ0n) is 12.3. The first kappa shape index (κ1) is 156. The third kappa shape index (κ3) is 6050. The van der Waals surface area contributed by atoms with E-state index in [2.05, 4.69) is 0 Å². The third-order valence-corrected chi connectivity index (χ3v) is 0. The van der Waals surface area contributed by atoms with Crippen molar-refractivity contribution >= 4 is 0 Å². The van der Waals surface area contributed by atoms with E-state index in [1.54, 1.807) is 0 Å². The summed E-state index contributed by atoms with van der Waals surface area (Å²) < 4.78 is 0. The summed E-state index contributed by atoms with van der Waals surface area (Å²) >= 11 is 0. The van der Waals surface area contributed by atoms with Crippen LogP contribution in [0.3, 0.4) is 0 Å². The molecular formula is H12N4O22U2-12. The zero-order valence-corrected chi connectivity index (χ0v) is 20.6. The van der Waals surface area contributed by atoms with Crippen LogP contribution in [0.15, 0.2) is 0 Å². The summed E-state index contributed by atoms with van der Waals surface area (Å²) in [6.45, 7) is 0. The molecule has 0 bridgehead atoms. The van der Waals surface area contributed by atoms with Crippen LogP contribution in [0.1, 0.15) is 0 Å². The van der Waals surface area contributed by atoms with Gasteiger partial charge >= 0.3 is 0 Å². The average molecular weight is 896 g/mol. The Morgan fingerprint density at radius 3 is 0.321 bits per heavy atom. The predicted octanol–water partition coefficient (Wildman–Crippen LogP) is -6.38. The standard InChI is InChI=1S/4NO3.6H2O.4O.2U/c4*2-1(3)4;;;;;;;;;;;;/h;;;;6*1H2;;;;;;/q4*-1;;;;;;;4*-2;;. The Morgan fingerprint density at radius 2 is 0.321 bits per heavy atom. The molecule has 28 heteroatoms. The maximum atomic E-state index is 8.25. The maximum absolute atomic E-state index is 8.25. The van der Waals surface area contributed by atoms with Gasteiger partial charge in [-0.3, -0.25) is 0 Å². The minimum atomic E-state index is -1.75. The monoisotopic (exact) mass is 896 g/mol. The number of nitrogens with zero attached hydrogens (tertiary/aromatic N) is 4. The molecule has 0 aromatic rings. The zero-order chi connectivity index (χ0) is 14.3. The minimum absolute atomic E-state index is 0. The maximum Gasteiger partial charge on any atom is 0.0689 e. The quantitative estimate of drug-likeness (QED) is 0.162. The van der Waals surface area contributed by atoms with Crippen molar-refractivity contribution in [3.8, 4) is 0 Å². The van der Waals surface area contributed by atoms with Gasteiger partial charge < -0.3 is 116 Å². The molecule has 0 aromatic heterocycles. The van der Waals surface area contributed by atoms with Crippen molar-refractivity contribution in [2.45, 2.75) is 0 Å². The second-order valence-electron chi connectivity index (χ2n) is 0.894. The summed E-state index contributed by atoms with van der Waals surface area (Å²) in [5, 5.41) is 59.0. The SMILES string of the molecule is O.O.O.O.O.O.O=[N+]([O-])[O-].O=[N+]([O-])[O-].O=[N+]([O-])[O-].O=[N+]([O-])[O-].[O-2].[O-2].[O-2].[O-2].[U].[U]. The van der Waals surface area contributed by atoms with Crippen LogP contribution in [-0.4, -0.2) is 53.2 Å². The Hall–Kier alpha value is -1.50. The van der Waals surface area contributed by atoms with Crippen LogP contribution in [0.4, 0.5) is 0 Å². The van der Waals surface area contributed by atoms with Crippen molar-refractivity contribution in [1.82, 2.24) is 0 Å². The van der Waals surface area contributed by atoms with Gasteiger partial charge in [-0.1, -0.05) is 0 Å². The minimum Gasteiger partial charge on any atom is -2.00 e. The van der Waals surface area contributed by atoms with Gasteiger partial charge in [0.2, 0.25) is 0 Å². The molecule has 0 aliphatic carbocycles. The van der Waals surface area contributed by atoms with Crippen LogP contribution < -0.4 is 0 Å². The van der Waals surface area contributed by atoms with E-state index in [-0.39, 0.29) is 117 Å². The molecule has 0 radical (unpaired) electrons. The van der Waals surface area contributed by atoms with Gasteiger partial charge in [-0.15, -0.1) is 0 Å². The van der Waals surface area contributed by atoms with Crippen molar-refractivity contribution in [2.24, 2.45) is 0 Å². The number of hydrogen-bond donors (Lipinski definition) is 0. The molecule has 0 aliphatic heterocycles. The Balaban J connectivity index is -0.00000000429. The van der Waals surface area contributed by atoms with Crippen LogP contribution in [-0.2, 0) is 21.9 Å². The molecule has 0 unspecified atom stereocenters. The Kier molecular flexibility index (Phi) is 775. The Labute approximate surface area is 198 Å². The fraction of sp³-hybridized carbons (Fsp3) is 0. The van der Waals surface area contributed by atoms with Gasteiger partial charge in [0.25, 0.3) is 0 Å². The third-order valence-electron chi connectivity index (χ3n) is 0. The number of rotatable bonds is 0. The van der Waals surface area contributed by atoms with Gasteiger partial charge in [-0.25, -0.2) is 0 Å². The largest absolute Gasteiger partial charge is 2.00 e. The summed E-state index contributed by atoms with van der Waals surface area (Å²) in [7, 11) is 0. The number of hydrogen-bond acceptors (Lipinski definition) is 12. The van der Waals surface area contributed by atoms with E-state index in [4.69, 9.17) is 61.3 Å². The molecule has 0 aromatic carbocycles. The molecule has 0 amide bonds. The topological polar surface area (TPSA) is 568 Å². The van der Waals surface area contributed by atoms with E-state index in [0.717, 1.165) is 0 Å². The van der Waals surface area contributed by atoms with Crippen LogP contribution in [0, 0.1) is 124 Å². The van der Waals surface area contributed by atoms with E-state index < -0.39 is 20.3 Å². The molecule has 0 spiro atoms. The molecule has 0 heterocycles. The summed E-state index contributed by atoms with van der Waals surface area (Å²) in [5.74, 6) is 0. The van der Waals surface area contributed by atoms with E-state index in [1.165, 1.54) is 0 Å². The Morgan fingerprint density at radius 1 is 0.321 bits per heavy atom. The first-order chi connectivity index (χ1) is 6.93. The van der Waals surface area contributed by atoms with Crippen molar-refractivity contribution < 1.29 is 137 Å². The van der Waals surface area contributed by atoms with Gasteiger partial charge in [0.05, 0.1) is 20.3 Å². The molecule has 0 saturated heterocycles. The van der Waals surface area contributed by atoms with Gasteiger partial charge in [0.15, 0.2) is 0 Å². The smallest absolute Gasteiger partial charge is 0.0689 e. The molecule has 0 fully saturated rings. The molecule has 0 saturated carbocycles. The fourth-order valence-electron chi connectivity index (χ4n) is 0. The van der Waals surface area contributed by atoms with E-state index >= 15 is 0 Å². The van der Waals surface area contributed by atoms with Crippen molar-refractivity contribution in [1.29, 1.82) is 0 Å². The van der Waals surface area contributed by atoms with Crippen molar-refractivity contribution in [3.63, 3.8) is 0 Å². The first-order valence-corrected chi connectivity index (χ1v) is 2.19. The summed E-state index contributed by atoms with van der Waals surface area (Å²) in [4.78, 5) is 33.0. The molecule has 0 aliphatic rings. The first-order valence-electron chi connectivity index (χ1n) is 2.19. The summed E-state index contributed by atoms with van der Waals surface area (Å²) in [5.41, 5.74) is 0. The van der Waals surface area contributed by atoms with Crippen molar-refractivity contribution in [3.05, 3.63) is 61.3 Å². The van der Waals surface area contributed by atoms with Crippen molar-refractivity contribution in [2.75, 3.05) is 0 Å².